The Balaban J connectivity index is 0.00000133. The maximum atomic E-state index is 12.3. The van der Waals surface area contributed by atoms with E-state index in [4.69, 9.17) is 0 Å². The van der Waals surface area contributed by atoms with E-state index in [2.05, 4.69) is 0 Å². The normalized spacial score (nSPS) is 15.8. The molecular formula is C13H11NO3S2. The number of amides is 1. The lowest BCUT2D eigenvalue weighted by Gasteiger charge is -2.14. The van der Waals surface area contributed by atoms with Crippen molar-refractivity contribution in [3.8, 4) is 0 Å². The van der Waals surface area contributed by atoms with Crippen molar-refractivity contribution in [2.75, 3.05) is 4.31 Å². The van der Waals surface area contributed by atoms with E-state index in [1.807, 2.05) is 0 Å². The first-order valence-electron chi connectivity index (χ1n) is 5.36. The minimum Gasteiger partial charge on any atom is -0.268 e. The monoisotopic (exact) mass is 293 g/mol. The number of hydrogen-bond donors (Lipinski definition) is 0. The molecule has 0 saturated heterocycles. The van der Waals surface area contributed by atoms with E-state index in [9.17, 15) is 13.2 Å². The lowest BCUT2D eigenvalue weighted by Crippen LogP contribution is -2.29. The van der Waals surface area contributed by atoms with Gasteiger partial charge in [-0.05, 0) is 24.3 Å². The second kappa shape index (κ2) is 4.71. The van der Waals surface area contributed by atoms with Crippen LogP contribution in [0.25, 0.3) is 0 Å². The van der Waals surface area contributed by atoms with Gasteiger partial charge in [0.05, 0.1) is 11.3 Å². The number of sulfonamides is 1. The van der Waals surface area contributed by atoms with Gasteiger partial charge in [0.25, 0.3) is 15.9 Å². The summed E-state index contributed by atoms with van der Waals surface area (Å²) in [6, 6.07) is 14.6. The predicted octanol–water partition coefficient (Wildman–Crippen LogP) is 2.15. The zero-order chi connectivity index (χ0) is 12.8. The second-order valence-electron chi connectivity index (χ2n) is 3.91. The number of rotatable bonds is 1. The first-order chi connectivity index (χ1) is 8.62. The molecule has 0 saturated carbocycles. The molecule has 0 unspecified atom stereocenters. The lowest BCUT2D eigenvalue weighted by atomic mass is 10.2. The molecule has 0 atom stereocenters. The van der Waals surface area contributed by atoms with Crippen LogP contribution in [-0.2, 0) is 10.0 Å². The highest BCUT2D eigenvalue weighted by atomic mass is 32.2. The molecule has 0 bridgehead atoms. The molecule has 1 aliphatic rings. The lowest BCUT2D eigenvalue weighted by molar-refractivity contribution is 0.101. The highest BCUT2D eigenvalue weighted by Crippen LogP contribution is 2.33. The van der Waals surface area contributed by atoms with E-state index < -0.39 is 15.9 Å². The number of fused-ring (bicyclic) bond motifs is 1. The molecule has 0 aliphatic carbocycles. The number of para-hydroxylation sites is 1. The zero-order valence-electron chi connectivity index (χ0n) is 9.78. The van der Waals surface area contributed by atoms with Gasteiger partial charge in [-0.3, -0.25) is 4.79 Å². The molecule has 4 nitrogen and oxygen atoms in total. The fraction of sp³-hybridized carbons (Fsp3) is 0. The summed E-state index contributed by atoms with van der Waals surface area (Å²) < 4.78 is 25.4. The molecule has 0 spiro atoms. The molecule has 3 rings (SSSR count). The van der Waals surface area contributed by atoms with Crippen molar-refractivity contribution in [3.05, 3.63) is 60.2 Å². The Bertz CT molecular complexity index is 727. The van der Waals surface area contributed by atoms with Gasteiger partial charge in [-0.2, -0.15) is 17.8 Å². The quantitative estimate of drug-likeness (QED) is 0.809. The smallest absolute Gasteiger partial charge is 0.268 e. The van der Waals surface area contributed by atoms with Crippen LogP contribution >= 0.6 is 13.5 Å². The minimum atomic E-state index is -3.76. The van der Waals surface area contributed by atoms with E-state index in [0.29, 0.717) is 5.69 Å². The van der Waals surface area contributed by atoms with Crippen molar-refractivity contribution in [3.63, 3.8) is 0 Å². The average molecular weight is 293 g/mol. The Morgan fingerprint density at radius 3 is 2.05 bits per heavy atom. The Labute approximate surface area is 118 Å². The van der Waals surface area contributed by atoms with Gasteiger partial charge < -0.3 is 0 Å². The van der Waals surface area contributed by atoms with Crippen LogP contribution in [0, 0.1) is 0 Å². The van der Waals surface area contributed by atoms with Gasteiger partial charge in [0.1, 0.15) is 4.90 Å². The van der Waals surface area contributed by atoms with Gasteiger partial charge in [0.2, 0.25) is 0 Å². The molecule has 0 aromatic heterocycles. The Morgan fingerprint density at radius 2 is 1.42 bits per heavy atom. The van der Waals surface area contributed by atoms with Crippen LogP contribution in [0.5, 0.6) is 0 Å². The summed E-state index contributed by atoms with van der Waals surface area (Å²) in [4.78, 5) is 12.2. The largest absolute Gasteiger partial charge is 0.273 e. The van der Waals surface area contributed by atoms with Crippen molar-refractivity contribution in [2.45, 2.75) is 4.90 Å². The van der Waals surface area contributed by atoms with E-state index in [0.717, 1.165) is 4.31 Å². The molecule has 2 aromatic carbocycles. The van der Waals surface area contributed by atoms with Crippen LogP contribution in [0.3, 0.4) is 0 Å². The van der Waals surface area contributed by atoms with Crippen LogP contribution in [0.15, 0.2) is 59.5 Å². The first-order valence-corrected chi connectivity index (χ1v) is 6.80. The number of carbonyl (C=O) groups is 1. The van der Waals surface area contributed by atoms with Gasteiger partial charge in [0, 0.05) is 0 Å². The second-order valence-corrected chi connectivity index (χ2v) is 5.66. The molecule has 6 heteroatoms. The topological polar surface area (TPSA) is 54.5 Å². The SMILES string of the molecule is O=C1c2ccccc2S(=O)(=O)N1c1ccccc1.S. The van der Waals surface area contributed by atoms with E-state index in [-0.39, 0.29) is 24.0 Å². The van der Waals surface area contributed by atoms with Crippen LogP contribution in [-0.4, -0.2) is 14.3 Å². The summed E-state index contributed by atoms with van der Waals surface area (Å²) in [5.74, 6) is -0.503. The third-order valence-corrected chi connectivity index (χ3v) is 4.58. The van der Waals surface area contributed by atoms with Gasteiger partial charge in [0.15, 0.2) is 0 Å². The molecule has 98 valence electrons. The number of carbonyl (C=O) groups excluding carboxylic acids is 1. The molecule has 1 heterocycles. The van der Waals surface area contributed by atoms with Gasteiger partial charge in [-0.15, -0.1) is 0 Å². The van der Waals surface area contributed by atoms with Crippen LogP contribution in [0.2, 0.25) is 0 Å². The summed E-state index contributed by atoms with van der Waals surface area (Å²) in [5.41, 5.74) is 0.583. The van der Waals surface area contributed by atoms with Crippen molar-refractivity contribution in [1.29, 1.82) is 0 Å². The fourth-order valence-corrected chi connectivity index (χ4v) is 3.60. The number of benzene rings is 2. The summed E-state index contributed by atoms with van der Waals surface area (Å²) in [7, 11) is -3.76. The molecule has 0 fully saturated rings. The molecular weight excluding hydrogens is 282 g/mol. The molecule has 1 amide bonds. The van der Waals surface area contributed by atoms with Gasteiger partial charge >= 0.3 is 0 Å². The predicted molar refractivity (Wildman–Crippen MR) is 77.3 cm³/mol. The number of hydrogen-bond acceptors (Lipinski definition) is 3. The maximum Gasteiger partial charge on any atom is 0.273 e. The Morgan fingerprint density at radius 1 is 0.842 bits per heavy atom. The molecule has 0 N–H and O–H groups in total. The molecule has 2 aromatic rings. The van der Waals surface area contributed by atoms with Crippen molar-refractivity contribution in [1.82, 2.24) is 0 Å². The van der Waals surface area contributed by atoms with Crippen LogP contribution < -0.4 is 4.31 Å². The highest BCUT2D eigenvalue weighted by molar-refractivity contribution is 7.94. The van der Waals surface area contributed by atoms with E-state index in [1.54, 1.807) is 42.5 Å². The van der Waals surface area contributed by atoms with Crippen LogP contribution in [0.4, 0.5) is 5.69 Å². The fourth-order valence-electron chi connectivity index (χ4n) is 2.00. The van der Waals surface area contributed by atoms with Crippen molar-refractivity contribution in [2.24, 2.45) is 0 Å². The van der Waals surface area contributed by atoms with Gasteiger partial charge in [-0.1, -0.05) is 30.3 Å². The number of anilines is 1. The zero-order valence-corrected chi connectivity index (χ0v) is 11.6. The summed E-state index contributed by atoms with van der Waals surface area (Å²) >= 11 is 0. The summed E-state index contributed by atoms with van der Waals surface area (Å²) in [6.45, 7) is 0. The molecule has 0 radical (unpaired) electrons. The average Bonchev–Trinajstić information content (AvgIpc) is 2.59. The molecule has 1 aliphatic heterocycles. The molecule has 19 heavy (non-hydrogen) atoms. The maximum absolute atomic E-state index is 12.3. The Hall–Kier alpha value is -1.79. The first kappa shape index (κ1) is 13.6. The standard InChI is InChI=1S/C13H9NO3S.H2S/c15-13-11-8-4-5-9-12(11)18(16,17)14(13)10-6-2-1-3-7-10;/h1-9H;1H2. The highest BCUT2D eigenvalue weighted by Gasteiger charge is 2.41. The van der Waals surface area contributed by atoms with E-state index >= 15 is 0 Å². The summed E-state index contributed by atoms with van der Waals surface area (Å²) in [5, 5.41) is 0. The minimum absolute atomic E-state index is 0. The number of nitrogens with zero attached hydrogens (tertiary/aromatic N) is 1. The third kappa shape index (κ3) is 1.93. The third-order valence-electron chi connectivity index (χ3n) is 2.81. The summed E-state index contributed by atoms with van der Waals surface area (Å²) in [6.07, 6.45) is 0. The Kier molecular flexibility index (Phi) is 3.38. The van der Waals surface area contributed by atoms with Crippen molar-refractivity contribution < 1.29 is 13.2 Å². The van der Waals surface area contributed by atoms with E-state index in [1.165, 1.54) is 12.1 Å². The van der Waals surface area contributed by atoms with Gasteiger partial charge in [-0.25, -0.2) is 8.42 Å². The van der Waals surface area contributed by atoms with Crippen molar-refractivity contribution >= 4 is 35.1 Å². The van der Waals surface area contributed by atoms with Crippen LogP contribution in [0.1, 0.15) is 10.4 Å².